The maximum Gasteiger partial charge on any atom is 0.0734 e. The summed E-state index contributed by atoms with van der Waals surface area (Å²) in [6.45, 7) is 3.13. The molecule has 1 N–H and O–H groups in total. The summed E-state index contributed by atoms with van der Waals surface area (Å²) in [7, 11) is 0. The van der Waals surface area contributed by atoms with Crippen LogP contribution in [0, 0.1) is 0 Å². The molecule has 0 bridgehead atoms. The van der Waals surface area contributed by atoms with Crippen LogP contribution < -0.4 is 5.32 Å². The Morgan fingerprint density at radius 2 is 1.67 bits per heavy atom. The number of nitrogens with one attached hydrogen (secondary N) is 1. The van der Waals surface area contributed by atoms with Gasteiger partial charge in [-0.15, -0.1) is 0 Å². The van der Waals surface area contributed by atoms with E-state index in [0.717, 1.165) is 25.2 Å². The summed E-state index contributed by atoms with van der Waals surface area (Å²) in [6.07, 6.45) is 11.2. The number of ether oxygens (including phenoxy) is 1. The first-order valence-corrected chi connectivity index (χ1v) is 10.1. The molecule has 3 nitrogen and oxygen atoms in total. The van der Waals surface area contributed by atoms with Crippen LogP contribution in [-0.2, 0) is 11.3 Å². The van der Waals surface area contributed by atoms with Gasteiger partial charge in [0.05, 0.1) is 12.7 Å². The van der Waals surface area contributed by atoms with E-state index in [1.165, 1.54) is 63.5 Å². The Labute approximate surface area is 146 Å². The highest BCUT2D eigenvalue weighted by Gasteiger charge is 2.40. The van der Waals surface area contributed by atoms with E-state index in [-0.39, 0.29) is 0 Å². The fourth-order valence-electron chi connectivity index (χ4n) is 5.13. The van der Waals surface area contributed by atoms with E-state index < -0.39 is 0 Å². The average molecular weight is 329 g/mol. The van der Waals surface area contributed by atoms with Gasteiger partial charge in [0.2, 0.25) is 0 Å². The molecule has 0 unspecified atom stereocenters. The Bertz CT molecular complexity index is 504. The molecule has 1 aromatic carbocycles. The van der Waals surface area contributed by atoms with Crippen molar-refractivity contribution in [1.82, 2.24) is 10.2 Å². The summed E-state index contributed by atoms with van der Waals surface area (Å²) < 4.78 is 6.45. The molecule has 2 aliphatic carbocycles. The van der Waals surface area contributed by atoms with Gasteiger partial charge in [-0.05, 0) is 31.2 Å². The molecule has 1 saturated heterocycles. The zero-order valence-electron chi connectivity index (χ0n) is 14.8. The van der Waals surface area contributed by atoms with E-state index in [1.807, 2.05) is 0 Å². The van der Waals surface area contributed by atoms with Gasteiger partial charge in [-0.1, -0.05) is 56.0 Å². The lowest BCUT2D eigenvalue weighted by Gasteiger charge is -2.50. The zero-order chi connectivity index (χ0) is 16.2. The molecule has 0 amide bonds. The maximum atomic E-state index is 6.45. The van der Waals surface area contributed by atoms with Crippen LogP contribution in [0.1, 0.15) is 56.9 Å². The Balaban J connectivity index is 1.43. The van der Waals surface area contributed by atoms with Crippen LogP contribution in [0.4, 0.5) is 0 Å². The van der Waals surface area contributed by atoms with Gasteiger partial charge < -0.3 is 10.1 Å². The minimum Gasteiger partial charge on any atom is -0.372 e. The molecule has 4 atom stereocenters. The Morgan fingerprint density at radius 3 is 2.54 bits per heavy atom. The number of hydrogen-bond acceptors (Lipinski definition) is 3. The van der Waals surface area contributed by atoms with Crippen LogP contribution in [0.15, 0.2) is 30.3 Å². The molecule has 1 aromatic rings. The van der Waals surface area contributed by atoms with Crippen LogP contribution in [0.2, 0.25) is 0 Å². The van der Waals surface area contributed by atoms with Crippen molar-refractivity contribution in [2.24, 2.45) is 0 Å². The fraction of sp³-hybridized carbons (Fsp3) is 0.714. The molecule has 3 heteroatoms. The van der Waals surface area contributed by atoms with Crippen LogP contribution in [0.25, 0.3) is 0 Å². The summed E-state index contributed by atoms with van der Waals surface area (Å²) in [5, 5.41) is 3.78. The van der Waals surface area contributed by atoms with Crippen molar-refractivity contribution in [3.63, 3.8) is 0 Å². The second kappa shape index (κ2) is 7.99. The van der Waals surface area contributed by atoms with Crippen LogP contribution in [-0.4, -0.2) is 42.2 Å². The molecule has 3 aliphatic rings. The molecule has 24 heavy (non-hydrogen) atoms. The normalized spacial score (nSPS) is 34.7. The standard InChI is InChI=1S/C21H32N2O/c1-2-8-17(9-3-1)16-24-21-13-7-6-12-20(21)23-15-14-22-18-10-4-5-11-19(18)23/h1-3,8-9,18-22H,4-7,10-16H2/t18-,19-,20+,21-/m1/s1. The number of fused-ring (bicyclic) bond motifs is 1. The SMILES string of the molecule is c1ccc(CO[C@@H]2CCCC[C@@H]2N2CCN[C@@H]3CCCC[C@H]32)cc1. The third-order valence-corrected chi connectivity index (χ3v) is 6.33. The predicted octanol–water partition coefficient (Wildman–Crippen LogP) is 3.73. The highest BCUT2D eigenvalue weighted by atomic mass is 16.5. The lowest BCUT2D eigenvalue weighted by atomic mass is 9.83. The lowest BCUT2D eigenvalue weighted by Crippen LogP contribution is -2.64. The van der Waals surface area contributed by atoms with Crippen LogP contribution in [0.3, 0.4) is 0 Å². The van der Waals surface area contributed by atoms with Gasteiger partial charge >= 0.3 is 0 Å². The maximum absolute atomic E-state index is 6.45. The van der Waals surface area contributed by atoms with Crippen molar-refractivity contribution in [2.75, 3.05) is 13.1 Å². The molecule has 4 rings (SSSR count). The first kappa shape index (κ1) is 16.6. The third-order valence-electron chi connectivity index (χ3n) is 6.33. The average Bonchev–Trinajstić information content (AvgIpc) is 2.67. The van der Waals surface area contributed by atoms with Crippen LogP contribution >= 0.6 is 0 Å². The Morgan fingerprint density at radius 1 is 0.917 bits per heavy atom. The van der Waals surface area contributed by atoms with E-state index in [4.69, 9.17) is 4.74 Å². The van der Waals surface area contributed by atoms with Crippen molar-refractivity contribution in [1.29, 1.82) is 0 Å². The van der Waals surface area contributed by atoms with Gasteiger partial charge in [0.1, 0.15) is 0 Å². The Kier molecular flexibility index (Phi) is 5.51. The molecule has 0 spiro atoms. The first-order chi connectivity index (χ1) is 11.9. The molecule has 0 radical (unpaired) electrons. The molecule has 2 saturated carbocycles. The van der Waals surface area contributed by atoms with E-state index in [9.17, 15) is 0 Å². The van der Waals surface area contributed by atoms with E-state index >= 15 is 0 Å². The molecule has 1 aliphatic heterocycles. The molecule has 132 valence electrons. The minimum absolute atomic E-state index is 0.416. The highest BCUT2D eigenvalue weighted by molar-refractivity contribution is 5.13. The van der Waals surface area contributed by atoms with Crippen molar-refractivity contribution in [3.05, 3.63) is 35.9 Å². The molecular formula is C21H32N2O. The van der Waals surface area contributed by atoms with Crippen molar-refractivity contribution >= 4 is 0 Å². The van der Waals surface area contributed by atoms with Gasteiger partial charge in [0.15, 0.2) is 0 Å². The van der Waals surface area contributed by atoms with E-state index in [2.05, 4.69) is 40.5 Å². The van der Waals surface area contributed by atoms with E-state index in [0.29, 0.717) is 12.1 Å². The topological polar surface area (TPSA) is 24.5 Å². The number of benzene rings is 1. The number of hydrogen-bond donors (Lipinski definition) is 1. The third kappa shape index (κ3) is 3.68. The smallest absolute Gasteiger partial charge is 0.0734 e. The first-order valence-electron chi connectivity index (χ1n) is 10.1. The summed E-state index contributed by atoms with van der Waals surface area (Å²) >= 11 is 0. The van der Waals surface area contributed by atoms with Crippen molar-refractivity contribution in [2.45, 2.75) is 82.2 Å². The summed E-state index contributed by atoms with van der Waals surface area (Å²) in [5.74, 6) is 0. The quantitative estimate of drug-likeness (QED) is 0.911. The Hall–Kier alpha value is -0.900. The number of rotatable bonds is 4. The number of nitrogens with zero attached hydrogens (tertiary/aromatic N) is 1. The monoisotopic (exact) mass is 328 g/mol. The number of piperazine rings is 1. The van der Waals surface area contributed by atoms with Gasteiger partial charge in [-0.2, -0.15) is 0 Å². The molecular weight excluding hydrogens is 296 g/mol. The summed E-state index contributed by atoms with van der Waals surface area (Å²) in [4.78, 5) is 2.84. The minimum atomic E-state index is 0.416. The summed E-state index contributed by atoms with van der Waals surface area (Å²) in [6, 6.07) is 12.8. The van der Waals surface area contributed by atoms with Gasteiger partial charge in [0.25, 0.3) is 0 Å². The highest BCUT2D eigenvalue weighted by Crippen LogP contribution is 2.33. The van der Waals surface area contributed by atoms with Gasteiger partial charge in [-0.25, -0.2) is 0 Å². The zero-order valence-corrected chi connectivity index (χ0v) is 14.8. The second-order valence-electron chi connectivity index (χ2n) is 7.84. The van der Waals surface area contributed by atoms with Crippen LogP contribution in [0.5, 0.6) is 0 Å². The van der Waals surface area contributed by atoms with Crippen molar-refractivity contribution < 1.29 is 4.74 Å². The van der Waals surface area contributed by atoms with Gasteiger partial charge in [0, 0.05) is 31.2 Å². The predicted molar refractivity (Wildman–Crippen MR) is 98.0 cm³/mol. The second-order valence-corrected chi connectivity index (χ2v) is 7.84. The van der Waals surface area contributed by atoms with E-state index in [1.54, 1.807) is 0 Å². The van der Waals surface area contributed by atoms with Crippen molar-refractivity contribution in [3.8, 4) is 0 Å². The molecule has 3 fully saturated rings. The molecule has 0 aromatic heterocycles. The molecule has 1 heterocycles. The largest absolute Gasteiger partial charge is 0.372 e. The lowest BCUT2D eigenvalue weighted by molar-refractivity contribution is -0.0722. The fourth-order valence-corrected chi connectivity index (χ4v) is 5.13. The summed E-state index contributed by atoms with van der Waals surface area (Å²) in [5.41, 5.74) is 1.30. The van der Waals surface area contributed by atoms with Gasteiger partial charge in [-0.3, -0.25) is 4.90 Å².